The van der Waals surface area contributed by atoms with Crippen molar-refractivity contribution in [1.29, 1.82) is 0 Å². The van der Waals surface area contributed by atoms with Crippen molar-refractivity contribution in [2.45, 2.75) is 5.75 Å². The summed E-state index contributed by atoms with van der Waals surface area (Å²) in [4.78, 5) is 15.9. The Morgan fingerprint density at radius 3 is 2.39 bits per heavy atom. The van der Waals surface area contributed by atoms with Gasteiger partial charge < -0.3 is 9.64 Å². The Balaban J connectivity index is 1.51. The first kappa shape index (κ1) is 20.8. The smallest absolute Gasteiger partial charge is 0.324 e. The van der Waals surface area contributed by atoms with Crippen LogP contribution >= 0.6 is 23.2 Å². The lowest BCUT2D eigenvalue weighted by atomic mass is 10.2. The van der Waals surface area contributed by atoms with Gasteiger partial charge >= 0.3 is 6.03 Å². The summed E-state index contributed by atoms with van der Waals surface area (Å²) >= 11 is 12.0. The molecule has 0 aromatic heterocycles. The number of carbonyl (C=O) groups excluding carboxylic acids is 1. The molecule has 0 radical (unpaired) electrons. The van der Waals surface area contributed by atoms with Gasteiger partial charge in [-0.25, -0.2) is 13.2 Å². The average Bonchev–Trinajstić information content (AvgIpc) is 2.98. The number of benzene rings is 2. The minimum absolute atomic E-state index is 0.000108. The van der Waals surface area contributed by atoms with Gasteiger partial charge in [0.05, 0.1) is 22.3 Å². The first-order chi connectivity index (χ1) is 13.2. The van der Waals surface area contributed by atoms with Gasteiger partial charge in [0, 0.05) is 25.0 Å². The summed E-state index contributed by atoms with van der Waals surface area (Å²) in [5.41, 5.74) is 1.42. The highest BCUT2D eigenvalue weighted by Crippen LogP contribution is 2.29. The third kappa shape index (κ3) is 5.31. The molecule has 6 nitrogen and oxygen atoms in total. The largest absolute Gasteiger partial charge is 0.492 e. The molecule has 9 heteroatoms. The summed E-state index contributed by atoms with van der Waals surface area (Å²) in [7, 11) is -3.06. The summed E-state index contributed by atoms with van der Waals surface area (Å²) in [5.74, 6) is 0.630. The molecule has 2 aromatic rings. The van der Waals surface area contributed by atoms with Crippen molar-refractivity contribution in [3.05, 3.63) is 58.1 Å². The van der Waals surface area contributed by atoms with E-state index in [9.17, 15) is 13.2 Å². The third-order valence-corrected chi connectivity index (χ3v) is 5.89. The van der Waals surface area contributed by atoms with Gasteiger partial charge in [-0.2, -0.15) is 0 Å². The van der Waals surface area contributed by atoms with Crippen LogP contribution in [-0.4, -0.2) is 51.8 Å². The number of carbonyl (C=O) groups is 1. The number of anilines is 1. The van der Waals surface area contributed by atoms with E-state index in [1.54, 1.807) is 52.3 Å². The molecule has 1 fully saturated rings. The van der Waals surface area contributed by atoms with Gasteiger partial charge in [-0.3, -0.25) is 4.90 Å². The van der Waals surface area contributed by atoms with E-state index in [2.05, 4.69) is 0 Å². The minimum atomic E-state index is -3.06. The Hall–Kier alpha value is -1.96. The second-order valence-electron chi connectivity index (χ2n) is 6.58. The Kier molecular flexibility index (Phi) is 6.37. The van der Waals surface area contributed by atoms with Gasteiger partial charge in [-0.15, -0.1) is 0 Å². The van der Waals surface area contributed by atoms with E-state index in [0.29, 0.717) is 53.3 Å². The lowest BCUT2D eigenvalue weighted by molar-refractivity contribution is 0.205. The lowest BCUT2D eigenvalue weighted by Gasteiger charge is -2.19. The van der Waals surface area contributed by atoms with Crippen molar-refractivity contribution < 1.29 is 17.9 Å². The summed E-state index contributed by atoms with van der Waals surface area (Å²) < 4.78 is 28.3. The molecule has 3 rings (SSSR count). The summed E-state index contributed by atoms with van der Waals surface area (Å²) in [5, 5.41) is 0.859. The van der Waals surface area contributed by atoms with E-state index >= 15 is 0 Å². The maximum atomic E-state index is 12.6. The number of hydrogen-bond donors (Lipinski definition) is 0. The monoisotopic (exact) mass is 442 g/mol. The lowest BCUT2D eigenvalue weighted by Crippen LogP contribution is -2.34. The molecule has 0 saturated carbocycles. The Morgan fingerprint density at radius 2 is 1.75 bits per heavy atom. The Bertz CT molecular complexity index is 964. The van der Waals surface area contributed by atoms with E-state index < -0.39 is 9.84 Å². The van der Waals surface area contributed by atoms with E-state index in [1.807, 2.05) is 0 Å². The molecule has 0 aliphatic carbocycles. The predicted molar refractivity (Wildman–Crippen MR) is 111 cm³/mol. The van der Waals surface area contributed by atoms with Crippen molar-refractivity contribution in [1.82, 2.24) is 4.90 Å². The van der Waals surface area contributed by atoms with Crippen LogP contribution in [0.5, 0.6) is 5.75 Å². The molecule has 0 N–H and O–H groups in total. The third-order valence-electron chi connectivity index (χ3n) is 4.29. The molecular weight excluding hydrogens is 423 g/mol. The van der Waals surface area contributed by atoms with Crippen LogP contribution in [0.1, 0.15) is 5.56 Å². The van der Waals surface area contributed by atoms with Gasteiger partial charge in [0.1, 0.15) is 12.4 Å². The molecule has 0 spiro atoms. The minimum Gasteiger partial charge on any atom is -0.492 e. The van der Waals surface area contributed by atoms with Crippen LogP contribution in [-0.2, 0) is 15.6 Å². The van der Waals surface area contributed by atoms with E-state index in [-0.39, 0.29) is 11.8 Å². The number of halogens is 2. The number of nitrogens with zero attached hydrogens (tertiary/aromatic N) is 2. The number of amides is 2. The first-order valence-electron chi connectivity index (χ1n) is 8.64. The Labute approximate surface area is 174 Å². The Morgan fingerprint density at radius 1 is 1.04 bits per heavy atom. The summed E-state index contributed by atoms with van der Waals surface area (Å²) in [6.07, 6.45) is 1.20. The number of rotatable bonds is 7. The normalized spacial score (nSPS) is 14.6. The molecule has 2 aromatic carbocycles. The van der Waals surface area contributed by atoms with Crippen LogP contribution in [0.25, 0.3) is 0 Å². The van der Waals surface area contributed by atoms with Crippen LogP contribution in [0.3, 0.4) is 0 Å². The standard InChI is InChI=1S/C19H20Cl2N2O4S/c1-28(25,26)13-14-2-5-16(6-3-14)27-11-10-22-8-9-23(19(22)24)15-4-7-17(20)18(21)12-15/h2-7,12H,8-11,13H2,1H3. The van der Waals surface area contributed by atoms with Crippen LogP contribution in [0.15, 0.2) is 42.5 Å². The highest BCUT2D eigenvalue weighted by Gasteiger charge is 2.29. The quantitative estimate of drug-likeness (QED) is 0.652. The van der Waals surface area contributed by atoms with Crippen molar-refractivity contribution in [3.8, 4) is 5.75 Å². The number of hydrogen-bond acceptors (Lipinski definition) is 4. The topological polar surface area (TPSA) is 66.9 Å². The summed E-state index contributed by atoms with van der Waals surface area (Å²) in [6.45, 7) is 1.95. The van der Waals surface area contributed by atoms with E-state index in [0.717, 1.165) is 0 Å². The van der Waals surface area contributed by atoms with Crippen LogP contribution in [0.4, 0.5) is 10.5 Å². The molecule has 0 unspecified atom stereocenters. The molecule has 0 bridgehead atoms. The molecule has 28 heavy (non-hydrogen) atoms. The second-order valence-corrected chi connectivity index (χ2v) is 9.54. The zero-order valence-corrected chi connectivity index (χ0v) is 17.6. The maximum Gasteiger partial charge on any atom is 0.324 e. The molecule has 1 heterocycles. The van der Waals surface area contributed by atoms with E-state index in [1.165, 1.54) is 6.26 Å². The predicted octanol–water partition coefficient (Wildman–Crippen LogP) is 3.86. The second kappa shape index (κ2) is 8.59. The van der Waals surface area contributed by atoms with Gasteiger partial charge in [0.25, 0.3) is 0 Å². The van der Waals surface area contributed by atoms with Crippen LogP contribution < -0.4 is 9.64 Å². The highest BCUT2D eigenvalue weighted by atomic mass is 35.5. The molecule has 2 amide bonds. The van der Waals surface area contributed by atoms with Crippen LogP contribution in [0, 0.1) is 0 Å². The molecule has 1 aliphatic rings. The van der Waals surface area contributed by atoms with Gasteiger partial charge in [0.2, 0.25) is 0 Å². The van der Waals surface area contributed by atoms with Gasteiger partial charge in [-0.05, 0) is 35.9 Å². The molecular formula is C19H20Cl2N2O4S. The fourth-order valence-corrected chi connectivity index (χ4v) is 4.03. The maximum absolute atomic E-state index is 12.6. The zero-order valence-electron chi connectivity index (χ0n) is 15.3. The number of urea groups is 1. The van der Waals surface area contributed by atoms with Gasteiger partial charge in [-0.1, -0.05) is 35.3 Å². The van der Waals surface area contributed by atoms with Crippen molar-refractivity contribution in [3.63, 3.8) is 0 Å². The fourth-order valence-electron chi connectivity index (χ4n) is 2.94. The van der Waals surface area contributed by atoms with Gasteiger partial charge in [0.15, 0.2) is 9.84 Å². The van der Waals surface area contributed by atoms with Crippen molar-refractivity contribution in [2.75, 3.05) is 37.4 Å². The molecule has 1 saturated heterocycles. The molecule has 0 atom stereocenters. The molecule has 1 aliphatic heterocycles. The van der Waals surface area contributed by atoms with Crippen molar-refractivity contribution in [2.24, 2.45) is 0 Å². The zero-order chi connectivity index (χ0) is 20.3. The number of sulfone groups is 1. The van der Waals surface area contributed by atoms with Crippen molar-refractivity contribution >= 4 is 44.8 Å². The molecule has 150 valence electrons. The number of ether oxygens (including phenoxy) is 1. The van der Waals surface area contributed by atoms with E-state index in [4.69, 9.17) is 27.9 Å². The van der Waals surface area contributed by atoms with Crippen LogP contribution in [0.2, 0.25) is 10.0 Å². The average molecular weight is 443 g/mol. The summed E-state index contributed by atoms with van der Waals surface area (Å²) in [6, 6.07) is 11.9. The first-order valence-corrected chi connectivity index (χ1v) is 11.5. The fraction of sp³-hybridized carbons (Fsp3) is 0.316. The highest BCUT2D eigenvalue weighted by molar-refractivity contribution is 7.89. The SMILES string of the molecule is CS(=O)(=O)Cc1ccc(OCCN2CCN(c3ccc(Cl)c(Cl)c3)C2=O)cc1.